The number of hydrogen-bond acceptors (Lipinski definition) is 6. The van der Waals surface area contributed by atoms with Crippen molar-refractivity contribution in [1.29, 1.82) is 0 Å². The largest absolute Gasteiger partial charge is 0.366 e. The molecule has 0 unspecified atom stereocenters. The molecular weight excluding hydrogens is 352 g/mol. The maximum absolute atomic E-state index is 9.82. The van der Waals surface area contributed by atoms with Crippen LogP contribution >= 0.6 is 0 Å². The van der Waals surface area contributed by atoms with E-state index in [1.807, 2.05) is 0 Å². The number of amides is 2. The first-order chi connectivity index (χ1) is 11.8. The standard InChI is InChI=1S/C4H7NO.C3H5NO.4C3H6O/c1-3(2)4(5)6;1-2-3(4)5;4*1-3(2)4/h1H2,2H3,(H2,5,6);2H,1H2,(H2,4,5);4*1-2H3. The van der Waals surface area contributed by atoms with E-state index in [1.165, 1.54) is 55.4 Å². The minimum Gasteiger partial charge on any atom is -0.366 e. The summed E-state index contributed by atoms with van der Waals surface area (Å²) in [5, 5.41) is 0. The Morgan fingerprint density at radius 2 is 0.667 bits per heavy atom. The fourth-order valence-corrected chi connectivity index (χ4v) is 0. The quantitative estimate of drug-likeness (QED) is 0.690. The van der Waals surface area contributed by atoms with Crippen molar-refractivity contribution >= 4 is 34.9 Å². The van der Waals surface area contributed by atoms with Gasteiger partial charge in [0.25, 0.3) is 0 Å². The van der Waals surface area contributed by atoms with Crippen molar-refractivity contribution in [3.63, 3.8) is 0 Å². The minimum atomic E-state index is -0.481. The monoisotopic (exact) mass is 388 g/mol. The molecule has 0 saturated heterocycles. The van der Waals surface area contributed by atoms with E-state index in [0.29, 0.717) is 5.57 Å². The fraction of sp³-hybridized carbons (Fsp3) is 0.474. The number of nitrogens with two attached hydrogens (primary N) is 2. The van der Waals surface area contributed by atoms with Gasteiger partial charge in [0, 0.05) is 5.57 Å². The van der Waals surface area contributed by atoms with E-state index in [4.69, 9.17) is 5.73 Å². The van der Waals surface area contributed by atoms with Crippen molar-refractivity contribution in [2.45, 2.75) is 62.3 Å². The van der Waals surface area contributed by atoms with Crippen LogP contribution in [0.4, 0.5) is 0 Å². The zero-order valence-electron chi connectivity index (χ0n) is 18.1. The molecule has 0 aliphatic carbocycles. The first-order valence-electron chi connectivity index (χ1n) is 7.60. The van der Waals surface area contributed by atoms with Crippen LogP contribution < -0.4 is 11.5 Å². The minimum absolute atomic E-state index is 0.167. The molecule has 0 aromatic carbocycles. The number of rotatable bonds is 2. The maximum Gasteiger partial charge on any atom is 0.243 e. The molecule has 0 fully saturated rings. The Bertz CT molecular complexity index is 418. The van der Waals surface area contributed by atoms with E-state index in [1.54, 1.807) is 6.92 Å². The molecule has 0 aliphatic heterocycles. The second-order valence-electron chi connectivity index (χ2n) is 5.38. The summed E-state index contributed by atoms with van der Waals surface area (Å²) in [6.07, 6.45) is 1.06. The van der Waals surface area contributed by atoms with E-state index in [9.17, 15) is 28.8 Å². The molecule has 0 atom stereocenters. The van der Waals surface area contributed by atoms with Crippen molar-refractivity contribution in [3.05, 3.63) is 24.8 Å². The Balaban J connectivity index is -0.0000000494. The predicted octanol–water partition coefficient (Wildman–Crippen LogP) is 2.09. The highest BCUT2D eigenvalue weighted by atomic mass is 16.2. The van der Waals surface area contributed by atoms with E-state index in [2.05, 4.69) is 18.9 Å². The van der Waals surface area contributed by atoms with Crippen molar-refractivity contribution in [2.75, 3.05) is 0 Å². The summed E-state index contributed by atoms with van der Waals surface area (Å²) in [5.41, 5.74) is 9.63. The molecule has 4 N–H and O–H groups in total. The van der Waals surface area contributed by atoms with E-state index < -0.39 is 11.8 Å². The van der Waals surface area contributed by atoms with Crippen molar-refractivity contribution < 1.29 is 28.8 Å². The Hall–Kier alpha value is -2.90. The average molecular weight is 389 g/mol. The fourth-order valence-electron chi connectivity index (χ4n) is 0. The summed E-state index contributed by atoms with van der Waals surface area (Å²) < 4.78 is 0. The number of Topliss-reactive ketones (excluding diaryl/α,β-unsaturated/α-hetero) is 4. The van der Waals surface area contributed by atoms with Gasteiger partial charge in [0.05, 0.1) is 0 Å². The third-order valence-electron chi connectivity index (χ3n) is 0.622. The molecule has 0 aliphatic rings. The highest BCUT2D eigenvalue weighted by Crippen LogP contribution is 1.78. The number of primary amides is 2. The lowest BCUT2D eigenvalue weighted by molar-refractivity contribution is -0.115. The van der Waals surface area contributed by atoms with Crippen LogP contribution in [0.5, 0.6) is 0 Å². The Kier molecular flexibility index (Phi) is 45.0. The SMILES string of the molecule is C=C(C)C(N)=O.C=CC(N)=O.CC(C)=O.CC(C)=O.CC(C)=O.CC(C)=O. The zero-order valence-corrected chi connectivity index (χ0v) is 18.1. The summed E-state index contributed by atoms with van der Waals surface area (Å²) in [5.74, 6) is -0.250. The molecular formula is C19H36N2O6. The molecule has 0 rings (SSSR count). The third-order valence-corrected chi connectivity index (χ3v) is 0.622. The lowest BCUT2D eigenvalue weighted by Crippen LogP contribution is -2.10. The first-order valence-corrected chi connectivity index (χ1v) is 7.60. The lowest BCUT2D eigenvalue weighted by Gasteiger charge is -1.81. The van der Waals surface area contributed by atoms with E-state index >= 15 is 0 Å². The number of ketones is 4. The molecule has 0 bridgehead atoms. The van der Waals surface area contributed by atoms with Gasteiger partial charge in [-0.15, -0.1) is 0 Å². The first kappa shape index (κ1) is 39.3. The van der Waals surface area contributed by atoms with E-state index in [0.717, 1.165) is 6.08 Å². The third kappa shape index (κ3) is 1070. The Labute approximate surface area is 163 Å². The summed E-state index contributed by atoms with van der Waals surface area (Å²) in [4.78, 5) is 57.1. The smallest absolute Gasteiger partial charge is 0.243 e. The topological polar surface area (TPSA) is 154 Å². The summed E-state index contributed by atoms with van der Waals surface area (Å²) in [7, 11) is 0. The van der Waals surface area contributed by atoms with Gasteiger partial charge >= 0.3 is 0 Å². The Morgan fingerprint density at radius 3 is 0.667 bits per heavy atom. The molecule has 8 heteroatoms. The average Bonchev–Trinajstić information content (AvgIpc) is 2.36. The van der Waals surface area contributed by atoms with Gasteiger partial charge in [-0.2, -0.15) is 0 Å². The number of carbonyl (C=O) groups is 6. The molecule has 0 saturated carbocycles. The molecule has 0 radical (unpaired) electrons. The van der Waals surface area contributed by atoms with Crippen LogP contribution in [0.15, 0.2) is 24.8 Å². The molecule has 0 spiro atoms. The highest BCUT2D eigenvalue weighted by Gasteiger charge is 1.86. The molecule has 158 valence electrons. The van der Waals surface area contributed by atoms with Gasteiger partial charge in [-0.05, 0) is 68.4 Å². The van der Waals surface area contributed by atoms with Crippen LogP contribution in [0, 0.1) is 0 Å². The number of hydrogen-bond donors (Lipinski definition) is 2. The van der Waals surface area contributed by atoms with Crippen molar-refractivity contribution in [3.8, 4) is 0 Å². The summed E-state index contributed by atoms with van der Waals surface area (Å²) in [6.45, 7) is 20.2. The maximum atomic E-state index is 9.82. The van der Waals surface area contributed by atoms with Gasteiger partial charge in [0.15, 0.2) is 0 Å². The molecule has 8 nitrogen and oxygen atoms in total. The van der Waals surface area contributed by atoms with Crippen LogP contribution in [0.25, 0.3) is 0 Å². The molecule has 0 aromatic rings. The predicted molar refractivity (Wildman–Crippen MR) is 109 cm³/mol. The van der Waals surface area contributed by atoms with Gasteiger partial charge in [-0.1, -0.05) is 13.2 Å². The van der Waals surface area contributed by atoms with Crippen LogP contribution in [0.1, 0.15) is 62.3 Å². The molecule has 2 amide bonds. The van der Waals surface area contributed by atoms with Gasteiger partial charge < -0.3 is 30.6 Å². The molecule has 27 heavy (non-hydrogen) atoms. The van der Waals surface area contributed by atoms with Gasteiger partial charge in [0.1, 0.15) is 23.1 Å². The molecule has 0 heterocycles. The number of carbonyl (C=O) groups excluding carboxylic acids is 6. The lowest BCUT2D eigenvalue weighted by atomic mass is 10.3. The van der Waals surface area contributed by atoms with Gasteiger partial charge in [0.2, 0.25) is 11.8 Å². The normalized spacial score (nSPS) is 6.70. The van der Waals surface area contributed by atoms with Crippen molar-refractivity contribution in [2.24, 2.45) is 11.5 Å². The van der Waals surface area contributed by atoms with Gasteiger partial charge in [-0.3, -0.25) is 9.59 Å². The van der Waals surface area contributed by atoms with E-state index in [-0.39, 0.29) is 23.1 Å². The Morgan fingerprint density at radius 1 is 0.593 bits per heavy atom. The zero-order chi connectivity index (χ0) is 23.7. The van der Waals surface area contributed by atoms with Crippen LogP contribution in [-0.2, 0) is 28.8 Å². The van der Waals surface area contributed by atoms with Gasteiger partial charge in [-0.25, -0.2) is 0 Å². The van der Waals surface area contributed by atoms with Crippen molar-refractivity contribution in [1.82, 2.24) is 0 Å². The van der Waals surface area contributed by atoms with Crippen LogP contribution in [0.2, 0.25) is 0 Å². The summed E-state index contributed by atoms with van der Waals surface area (Å²) in [6, 6.07) is 0. The molecule has 0 aromatic heterocycles. The second kappa shape index (κ2) is 30.9. The highest BCUT2D eigenvalue weighted by molar-refractivity contribution is 5.90. The van der Waals surface area contributed by atoms with Crippen LogP contribution in [0.3, 0.4) is 0 Å². The van der Waals surface area contributed by atoms with Crippen LogP contribution in [-0.4, -0.2) is 34.9 Å². The summed E-state index contributed by atoms with van der Waals surface area (Å²) >= 11 is 0. The second-order valence-corrected chi connectivity index (χ2v) is 5.38.